The van der Waals surface area contributed by atoms with Crippen LogP contribution in [0.4, 0.5) is 4.79 Å². The molecule has 190 valence electrons. The summed E-state index contributed by atoms with van der Waals surface area (Å²) in [5, 5.41) is 2.53. The van der Waals surface area contributed by atoms with Crippen molar-refractivity contribution in [1.82, 2.24) is 15.3 Å². The van der Waals surface area contributed by atoms with E-state index in [2.05, 4.69) is 19.6 Å². The minimum Gasteiger partial charge on any atom is -0.497 e. The van der Waals surface area contributed by atoms with Crippen LogP contribution in [0.15, 0.2) is 41.0 Å². The van der Waals surface area contributed by atoms with Gasteiger partial charge in [-0.15, -0.1) is 0 Å². The van der Waals surface area contributed by atoms with E-state index in [1.165, 1.54) is 0 Å². The van der Waals surface area contributed by atoms with Gasteiger partial charge in [0.15, 0.2) is 0 Å². The topological polar surface area (TPSA) is 120 Å². The summed E-state index contributed by atoms with van der Waals surface area (Å²) < 4.78 is 27.6. The van der Waals surface area contributed by atoms with Gasteiger partial charge in [-0.3, -0.25) is 14.8 Å². The summed E-state index contributed by atoms with van der Waals surface area (Å²) in [6.45, 7) is 9.23. The molecular formula is C25H34N4O5S. The van der Waals surface area contributed by atoms with Gasteiger partial charge in [0.2, 0.25) is 0 Å². The maximum Gasteiger partial charge on any atom is 0.408 e. The van der Waals surface area contributed by atoms with Gasteiger partial charge in [-0.25, -0.2) is 9.00 Å². The Labute approximate surface area is 207 Å². The lowest BCUT2D eigenvalue weighted by atomic mass is 9.86. The molecule has 0 radical (unpaired) electrons. The molecule has 0 saturated heterocycles. The molecule has 1 aromatic heterocycles. The monoisotopic (exact) mass is 502 g/mol. The molecule has 0 saturated carbocycles. The number of hydrogen-bond acceptors (Lipinski definition) is 7. The van der Waals surface area contributed by atoms with Crippen LogP contribution in [0.2, 0.25) is 0 Å². The molecule has 1 N–H and O–H groups in total. The van der Waals surface area contributed by atoms with E-state index in [1.54, 1.807) is 40.3 Å². The standard InChI is InChI=1S/C25H34N4O5S/c1-24(2,3)34-23(31)28-19-11-13-35(32,29-22(19)30)14-12-25(4,5)21-16-26-20(15-27-21)17-7-9-18(33-6)10-8-17/h7-10,15-16,19H,11-14H2,1-6H3,(H,28,31). The van der Waals surface area contributed by atoms with Crippen molar-refractivity contribution in [3.63, 3.8) is 0 Å². The number of nitrogens with zero attached hydrogens (tertiary/aromatic N) is 3. The molecule has 10 heteroatoms. The predicted molar refractivity (Wildman–Crippen MR) is 135 cm³/mol. The number of carbonyl (C=O) groups excluding carboxylic acids is 2. The van der Waals surface area contributed by atoms with Crippen molar-refractivity contribution in [2.45, 2.75) is 64.5 Å². The molecule has 0 spiro atoms. The summed E-state index contributed by atoms with van der Waals surface area (Å²) in [5.41, 5.74) is 1.35. The van der Waals surface area contributed by atoms with Crippen LogP contribution < -0.4 is 10.1 Å². The van der Waals surface area contributed by atoms with Crippen LogP contribution in [0.5, 0.6) is 5.75 Å². The van der Waals surface area contributed by atoms with E-state index in [0.29, 0.717) is 6.42 Å². The molecule has 0 fully saturated rings. The zero-order valence-electron chi connectivity index (χ0n) is 21.2. The zero-order chi connectivity index (χ0) is 25.9. The summed E-state index contributed by atoms with van der Waals surface area (Å²) in [7, 11) is -1.10. The number of hydrogen-bond donors (Lipinski definition) is 1. The zero-order valence-corrected chi connectivity index (χ0v) is 22.0. The van der Waals surface area contributed by atoms with Crippen molar-refractivity contribution in [2.75, 3.05) is 18.6 Å². The van der Waals surface area contributed by atoms with Crippen molar-refractivity contribution in [3.05, 3.63) is 42.4 Å². The first-order valence-corrected chi connectivity index (χ1v) is 13.4. The molecule has 2 aromatic rings. The molecule has 1 aliphatic rings. The first-order valence-electron chi connectivity index (χ1n) is 11.5. The van der Waals surface area contributed by atoms with Gasteiger partial charge in [0, 0.05) is 28.7 Å². The minimum atomic E-state index is -2.72. The van der Waals surface area contributed by atoms with Gasteiger partial charge >= 0.3 is 6.09 Å². The molecule has 2 atom stereocenters. The SMILES string of the molecule is COc1ccc(-c2cnc(C(C)(C)CCS3(=O)=NC(=O)C(NC(=O)OC(C)(C)C)CC3)cn2)cc1. The van der Waals surface area contributed by atoms with E-state index in [-0.39, 0.29) is 17.9 Å². The molecule has 1 aromatic carbocycles. The van der Waals surface area contributed by atoms with Crippen molar-refractivity contribution in [1.29, 1.82) is 0 Å². The van der Waals surface area contributed by atoms with Crippen molar-refractivity contribution in [2.24, 2.45) is 4.36 Å². The van der Waals surface area contributed by atoms with E-state index < -0.39 is 38.8 Å². The molecule has 2 amide bonds. The second-order valence-corrected chi connectivity index (χ2v) is 12.8. The molecule has 0 bridgehead atoms. The molecule has 9 nitrogen and oxygen atoms in total. The summed E-state index contributed by atoms with van der Waals surface area (Å²) in [5.74, 6) is 0.685. The Hall–Kier alpha value is -3.01. The number of ether oxygens (including phenoxy) is 2. The van der Waals surface area contributed by atoms with Gasteiger partial charge in [0.1, 0.15) is 17.4 Å². The maximum atomic E-state index is 13.3. The lowest BCUT2D eigenvalue weighted by Gasteiger charge is -2.27. The van der Waals surface area contributed by atoms with E-state index in [9.17, 15) is 13.8 Å². The fraction of sp³-hybridized carbons (Fsp3) is 0.520. The van der Waals surface area contributed by atoms with Gasteiger partial charge in [0.05, 0.1) is 34.4 Å². The quantitative estimate of drug-likeness (QED) is 0.605. The largest absolute Gasteiger partial charge is 0.497 e. The average molecular weight is 503 g/mol. The van der Waals surface area contributed by atoms with Crippen LogP contribution in [-0.4, -0.2) is 56.4 Å². The van der Waals surface area contributed by atoms with Gasteiger partial charge in [-0.05, 0) is 57.9 Å². The third kappa shape index (κ3) is 7.24. The van der Waals surface area contributed by atoms with E-state index in [1.807, 2.05) is 38.1 Å². The van der Waals surface area contributed by atoms with Gasteiger partial charge in [0.25, 0.3) is 5.91 Å². The van der Waals surface area contributed by atoms with Crippen LogP contribution in [0, 0.1) is 0 Å². The number of nitrogens with one attached hydrogen (secondary N) is 1. The van der Waals surface area contributed by atoms with Gasteiger partial charge in [-0.1, -0.05) is 13.8 Å². The third-order valence-corrected chi connectivity index (χ3v) is 7.98. The van der Waals surface area contributed by atoms with E-state index in [4.69, 9.17) is 9.47 Å². The third-order valence-electron chi connectivity index (χ3n) is 5.75. The normalized spacial score (nSPS) is 20.6. The number of methoxy groups -OCH3 is 1. The number of amides is 2. The van der Waals surface area contributed by atoms with Gasteiger partial charge in [-0.2, -0.15) is 4.36 Å². The predicted octanol–water partition coefficient (Wildman–Crippen LogP) is 4.11. The summed E-state index contributed by atoms with van der Waals surface area (Å²) in [4.78, 5) is 33.6. The Morgan fingerprint density at radius 1 is 1.11 bits per heavy atom. The number of benzene rings is 1. The number of aromatic nitrogens is 2. The minimum absolute atomic E-state index is 0.234. The smallest absolute Gasteiger partial charge is 0.408 e. The maximum absolute atomic E-state index is 13.3. The fourth-order valence-electron chi connectivity index (χ4n) is 3.56. The molecule has 1 aliphatic heterocycles. The Morgan fingerprint density at radius 3 is 2.34 bits per heavy atom. The van der Waals surface area contributed by atoms with Crippen LogP contribution in [0.3, 0.4) is 0 Å². The summed E-state index contributed by atoms with van der Waals surface area (Å²) >= 11 is 0. The molecule has 2 heterocycles. The Bertz CT molecular complexity index is 1180. The number of carbonyl (C=O) groups is 2. The van der Waals surface area contributed by atoms with Crippen LogP contribution in [-0.2, 0) is 24.7 Å². The first-order chi connectivity index (χ1) is 16.3. The highest BCUT2D eigenvalue weighted by atomic mass is 32.2. The van der Waals surface area contributed by atoms with Gasteiger partial charge < -0.3 is 14.8 Å². The highest BCUT2D eigenvalue weighted by molar-refractivity contribution is 7.93. The number of rotatable bonds is 7. The second-order valence-electron chi connectivity index (χ2n) is 10.2. The molecule has 3 rings (SSSR count). The Kier molecular flexibility index (Phi) is 7.83. The molecular weight excluding hydrogens is 468 g/mol. The Balaban J connectivity index is 1.63. The average Bonchev–Trinajstić information content (AvgIpc) is 2.79. The lowest BCUT2D eigenvalue weighted by Crippen LogP contribution is -2.46. The number of alkyl carbamates (subject to hydrolysis) is 1. The molecule has 2 unspecified atom stereocenters. The van der Waals surface area contributed by atoms with Crippen molar-refractivity contribution >= 4 is 21.7 Å². The molecule has 0 aliphatic carbocycles. The lowest BCUT2D eigenvalue weighted by molar-refractivity contribution is -0.119. The van der Waals surface area contributed by atoms with Crippen LogP contribution >= 0.6 is 0 Å². The highest BCUT2D eigenvalue weighted by Crippen LogP contribution is 2.28. The van der Waals surface area contributed by atoms with E-state index in [0.717, 1.165) is 22.7 Å². The fourth-order valence-corrected chi connectivity index (χ4v) is 5.84. The van der Waals surface area contributed by atoms with Crippen molar-refractivity contribution in [3.8, 4) is 17.0 Å². The molecule has 35 heavy (non-hydrogen) atoms. The second kappa shape index (κ2) is 10.3. The van der Waals surface area contributed by atoms with Crippen molar-refractivity contribution < 1.29 is 23.3 Å². The van der Waals surface area contributed by atoms with Crippen LogP contribution in [0.25, 0.3) is 11.3 Å². The summed E-state index contributed by atoms with van der Waals surface area (Å²) in [6, 6.07) is 6.76. The summed E-state index contributed by atoms with van der Waals surface area (Å²) in [6.07, 6.45) is 3.55. The van der Waals surface area contributed by atoms with E-state index >= 15 is 0 Å². The highest BCUT2D eigenvalue weighted by Gasteiger charge is 2.32. The first kappa shape index (κ1) is 26.6. The van der Waals surface area contributed by atoms with Crippen LogP contribution in [0.1, 0.15) is 53.2 Å². The Morgan fingerprint density at radius 2 is 1.80 bits per heavy atom.